The zero-order chi connectivity index (χ0) is 25.7. The number of amides is 1. The molecule has 1 aliphatic carbocycles. The van der Waals surface area contributed by atoms with Gasteiger partial charge in [0.2, 0.25) is 5.91 Å². The van der Waals surface area contributed by atoms with Crippen molar-refractivity contribution in [3.05, 3.63) is 72.6 Å². The van der Waals surface area contributed by atoms with E-state index in [4.69, 9.17) is 14.5 Å². The predicted octanol–water partition coefficient (Wildman–Crippen LogP) is 5.75. The quantitative estimate of drug-likeness (QED) is 0.487. The minimum absolute atomic E-state index is 0.0701. The fourth-order valence-electron chi connectivity index (χ4n) is 6.36. The number of carbonyl (C=O) groups excluding carboxylic acids is 1. The Kier molecular flexibility index (Phi) is 6.06. The molecule has 0 N–H and O–H groups in total. The number of carbonyl (C=O) groups is 1. The molecule has 5 rings (SSSR count). The number of ether oxygens (including phenoxy) is 2. The number of aromatic nitrogens is 1. The van der Waals surface area contributed by atoms with Crippen LogP contribution in [0.3, 0.4) is 0 Å². The van der Waals surface area contributed by atoms with Gasteiger partial charge in [0.25, 0.3) is 0 Å². The normalized spacial score (nSPS) is 31.6. The number of nitrogens with zero attached hydrogens (tertiary/aromatic N) is 3. The first-order valence-electron chi connectivity index (χ1n) is 12.9. The molecule has 1 spiro atoms. The summed E-state index contributed by atoms with van der Waals surface area (Å²) < 4.78 is 12.3. The van der Waals surface area contributed by atoms with E-state index in [-0.39, 0.29) is 29.4 Å². The molecule has 3 heterocycles. The van der Waals surface area contributed by atoms with Crippen LogP contribution in [-0.2, 0) is 16.1 Å². The van der Waals surface area contributed by atoms with Gasteiger partial charge >= 0.3 is 0 Å². The molecule has 2 aromatic rings. The molecule has 3 aliphatic rings. The molecule has 2 fully saturated rings. The standard InChI is InChI=1S/C30H37N3O3/c1-7-14-29-19-30(33(27(29)34)18-21-12-15-31-16-13-21)25(32-26(36-30)28(3,4)5)17-24(20(29)2)22-8-10-23(35-6)11-9-22/h7-13,15-16,20,24,26H,1,14,17-19H2,2-6H3/t20-,24+,26-,29+,30+/m1/s1. The average Bonchev–Trinajstić information content (AvgIpc) is 3.31. The summed E-state index contributed by atoms with van der Waals surface area (Å²) in [6, 6.07) is 12.2. The van der Waals surface area contributed by atoms with Crippen molar-refractivity contribution in [2.75, 3.05) is 7.11 Å². The largest absolute Gasteiger partial charge is 0.497 e. The molecule has 1 aromatic carbocycles. The summed E-state index contributed by atoms with van der Waals surface area (Å²) in [6.45, 7) is 13.2. The molecule has 5 atom stereocenters. The lowest BCUT2D eigenvalue weighted by Gasteiger charge is -2.40. The Hall–Kier alpha value is -2.99. The monoisotopic (exact) mass is 487 g/mol. The van der Waals surface area contributed by atoms with Gasteiger partial charge in [-0.15, -0.1) is 6.58 Å². The highest BCUT2D eigenvalue weighted by Crippen LogP contribution is 2.61. The van der Waals surface area contributed by atoms with Gasteiger partial charge in [0.1, 0.15) is 5.75 Å². The van der Waals surface area contributed by atoms with Gasteiger partial charge in [0.05, 0.1) is 18.2 Å². The fraction of sp³-hybridized carbons (Fsp3) is 0.500. The number of fused-ring (bicyclic) bond motifs is 1. The Morgan fingerprint density at radius 2 is 1.89 bits per heavy atom. The van der Waals surface area contributed by atoms with Gasteiger partial charge in [-0.2, -0.15) is 0 Å². The van der Waals surface area contributed by atoms with Gasteiger partial charge in [0, 0.05) is 30.8 Å². The number of aliphatic imine (C=N–C) groups is 1. The number of methoxy groups -OCH3 is 1. The van der Waals surface area contributed by atoms with Gasteiger partial charge in [0.15, 0.2) is 12.0 Å². The van der Waals surface area contributed by atoms with E-state index in [2.05, 4.69) is 51.4 Å². The maximum Gasteiger partial charge on any atom is 0.232 e. The van der Waals surface area contributed by atoms with Crippen molar-refractivity contribution >= 4 is 11.6 Å². The van der Waals surface area contributed by atoms with Gasteiger partial charge in [-0.3, -0.25) is 14.8 Å². The van der Waals surface area contributed by atoms with Gasteiger partial charge in [-0.25, -0.2) is 0 Å². The molecule has 1 saturated carbocycles. The topological polar surface area (TPSA) is 64.0 Å². The first kappa shape index (κ1) is 24.7. The Morgan fingerprint density at radius 3 is 2.50 bits per heavy atom. The number of hydrogen-bond donors (Lipinski definition) is 0. The van der Waals surface area contributed by atoms with Crippen LogP contribution >= 0.6 is 0 Å². The Labute approximate surface area is 214 Å². The minimum Gasteiger partial charge on any atom is -0.497 e. The maximum absolute atomic E-state index is 14.5. The van der Waals surface area contributed by atoms with Crippen LogP contribution in [0.4, 0.5) is 0 Å². The van der Waals surface area contributed by atoms with E-state index >= 15 is 0 Å². The molecule has 190 valence electrons. The highest BCUT2D eigenvalue weighted by Gasteiger charge is 2.69. The van der Waals surface area contributed by atoms with E-state index in [1.807, 2.05) is 35.2 Å². The molecule has 2 bridgehead atoms. The van der Waals surface area contributed by atoms with Crippen molar-refractivity contribution in [2.24, 2.45) is 21.7 Å². The van der Waals surface area contributed by atoms with Crippen LogP contribution in [0, 0.1) is 16.7 Å². The van der Waals surface area contributed by atoms with Crippen LogP contribution < -0.4 is 4.74 Å². The van der Waals surface area contributed by atoms with Crippen LogP contribution in [-0.4, -0.2) is 40.6 Å². The second kappa shape index (κ2) is 8.84. The highest BCUT2D eigenvalue weighted by atomic mass is 16.6. The van der Waals surface area contributed by atoms with E-state index < -0.39 is 11.1 Å². The molecule has 6 heteroatoms. The Bertz CT molecular complexity index is 1170. The SMILES string of the molecule is C=CC[C@]12C[C@@]3(O[C@H](C(C)(C)C)N=C3C[C@H](c3ccc(OC)cc3)[C@H]1C)N(Cc1ccncc1)C2=O. The second-order valence-corrected chi connectivity index (χ2v) is 11.6. The summed E-state index contributed by atoms with van der Waals surface area (Å²) in [5, 5.41) is 0. The number of pyridine rings is 1. The number of benzene rings is 1. The third-order valence-corrected chi connectivity index (χ3v) is 8.46. The van der Waals surface area contributed by atoms with Crippen molar-refractivity contribution in [2.45, 2.75) is 71.4 Å². The summed E-state index contributed by atoms with van der Waals surface area (Å²) in [5.41, 5.74) is 1.56. The van der Waals surface area contributed by atoms with Crippen molar-refractivity contribution in [3.8, 4) is 5.75 Å². The summed E-state index contributed by atoms with van der Waals surface area (Å²) in [7, 11) is 1.68. The van der Waals surface area contributed by atoms with Crippen molar-refractivity contribution in [1.82, 2.24) is 9.88 Å². The zero-order valence-electron chi connectivity index (χ0n) is 22.0. The molecular weight excluding hydrogens is 450 g/mol. The van der Waals surface area contributed by atoms with Crippen LogP contribution in [0.2, 0.25) is 0 Å². The lowest BCUT2D eigenvalue weighted by atomic mass is 9.66. The molecule has 1 saturated heterocycles. The van der Waals surface area contributed by atoms with Crippen LogP contribution in [0.1, 0.15) is 64.0 Å². The van der Waals surface area contributed by atoms with Crippen molar-refractivity contribution < 1.29 is 14.3 Å². The van der Waals surface area contributed by atoms with Gasteiger partial charge < -0.3 is 14.4 Å². The molecule has 0 radical (unpaired) electrons. The van der Waals surface area contributed by atoms with E-state index in [0.29, 0.717) is 19.4 Å². The second-order valence-electron chi connectivity index (χ2n) is 11.6. The molecular formula is C30H37N3O3. The van der Waals surface area contributed by atoms with E-state index in [1.54, 1.807) is 19.5 Å². The van der Waals surface area contributed by atoms with E-state index in [0.717, 1.165) is 23.4 Å². The first-order valence-corrected chi connectivity index (χ1v) is 12.9. The van der Waals surface area contributed by atoms with Gasteiger partial charge in [-0.05, 0) is 60.1 Å². The molecule has 6 nitrogen and oxygen atoms in total. The van der Waals surface area contributed by atoms with E-state index in [9.17, 15) is 4.79 Å². The molecule has 2 aliphatic heterocycles. The number of likely N-dealkylation sites (tertiary alicyclic amines) is 1. The van der Waals surface area contributed by atoms with Crippen LogP contribution in [0.15, 0.2) is 66.4 Å². The third-order valence-electron chi connectivity index (χ3n) is 8.46. The van der Waals surface area contributed by atoms with Gasteiger partial charge in [-0.1, -0.05) is 45.9 Å². The molecule has 1 aromatic heterocycles. The summed E-state index contributed by atoms with van der Waals surface area (Å²) in [5.74, 6) is 1.16. The number of allylic oxidation sites excluding steroid dienone is 1. The summed E-state index contributed by atoms with van der Waals surface area (Å²) in [6.07, 6.45) is 7.08. The molecule has 36 heavy (non-hydrogen) atoms. The average molecular weight is 488 g/mol. The predicted molar refractivity (Wildman–Crippen MR) is 141 cm³/mol. The minimum atomic E-state index is -0.850. The Balaban J connectivity index is 1.65. The van der Waals surface area contributed by atoms with Crippen LogP contribution in [0.5, 0.6) is 5.75 Å². The Morgan fingerprint density at radius 1 is 1.19 bits per heavy atom. The van der Waals surface area contributed by atoms with Crippen molar-refractivity contribution in [3.63, 3.8) is 0 Å². The van der Waals surface area contributed by atoms with Crippen LogP contribution in [0.25, 0.3) is 0 Å². The fourth-order valence-corrected chi connectivity index (χ4v) is 6.36. The first-order chi connectivity index (χ1) is 17.1. The lowest BCUT2D eigenvalue weighted by Crippen LogP contribution is -2.53. The maximum atomic E-state index is 14.5. The van der Waals surface area contributed by atoms with Crippen molar-refractivity contribution in [1.29, 1.82) is 0 Å². The number of rotatable bonds is 6. The lowest BCUT2D eigenvalue weighted by molar-refractivity contribution is -0.159. The summed E-state index contributed by atoms with van der Waals surface area (Å²) in [4.78, 5) is 25.9. The third kappa shape index (κ3) is 3.78. The smallest absolute Gasteiger partial charge is 0.232 e. The number of hydrogen-bond acceptors (Lipinski definition) is 5. The summed E-state index contributed by atoms with van der Waals surface area (Å²) >= 11 is 0. The molecule has 0 unspecified atom stereocenters. The zero-order valence-corrected chi connectivity index (χ0v) is 22.0. The molecule has 1 amide bonds. The van der Waals surface area contributed by atoms with E-state index in [1.165, 1.54) is 5.56 Å². The highest BCUT2D eigenvalue weighted by molar-refractivity contribution is 6.03.